The first-order valence-corrected chi connectivity index (χ1v) is 9.89. The first kappa shape index (κ1) is 20.6. The van der Waals surface area contributed by atoms with E-state index in [2.05, 4.69) is 36.6 Å². The zero-order chi connectivity index (χ0) is 22.0. The van der Waals surface area contributed by atoms with Crippen LogP contribution < -0.4 is 10.6 Å². The van der Waals surface area contributed by atoms with Gasteiger partial charge in [-0.2, -0.15) is 10.2 Å². The van der Waals surface area contributed by atoms with Crippen LogP contribution in [0.3, 0.4) is 0 Å². The van der Waals surface area contributed by atoms with Gasteiger partial charge in [-0.3, -0.25) is 0 Å². The molecule has 2 heterocycles. The van der Waals surface area contributed by atoms with Gasteiger partial charge in [0.1, 0.15) is 29.6 Å². The summed E-state index contributed by atoms with van der Waals surface area (Å²) in [5.41, 5.74) is 2.27. The highest BCUT2D eigenvalue weighted by Crippen LogP contribution is 2.42. The number of halogens is 1. The number of benzene rings is 1. The fraction of sp³-hybridized carbons (Fsp3) is 0.318. The summed E-state index contributed by atoms with van der Waals surface area (Å²) in [6.45, 7) is 4.28. The van der Waals surface area contributed by atoms with Gasteiger partial charge >= 0.3 is 0 Å². The number of hydrogen-bond donors (Lipinski definition) is 3. The maximum absolute atomic E-state index is 13.3. The van der Waals surface area contributed by atoms with Gasteiger partial charge in [0.2, 0.25) is 5.95 Å². The third kappa shape index (κ3) is 4.15. The van der Waals surface area contributed by atoms with Crippen LogP contribution in [0.2, 0.25) is 0 Å². The number of aliphatic hydroxyl groups is 1. The van der Waals surface area contributed by atoms with Crippen molar-refractivity contribution in [3.05, 3.63) is 59.9 Å². The van der Waals surface area contributed by atoms with E-state index in [0.29, 0.717) is 36.0 Å². The van der Waals surface area contributed by atoms with Crippen molar-refractivity contribution < 1.29 is 9.50 Å². The van der Waals surface area contributed by atoms with E-state index in [-0.39, 0.29) is 17.3 Å². The topological polar surface area (TPSA) is 120 Å². The largest absolute Gasteiger partial charge is 0.392 e. The SMILES string of the molecule is CC1(C)[C@@H](O)C[C@H]1Nc1nc(NCc2cncnc2-c2ccc(F)cc2)ncc1C#N. The molecule has 0 unspecified atom stereocenters. The molecule has 1 aromatic carbocycles. The van der Waals surface area contributed by atoms with Gasteiger partial charge < -0.3 is 15.7 Å². The Labute approximate surface area is 179 Å². The lowest BCUT2D eigenvalue weighted by Crippen LogP contribution is -2.57. The summed E-state index contributed by atoms with van der Waals surface area (Å²) in [5, 5.41) is 25.8. The smallest absolute Gasteiger partial charge is 0.224 e. The molecular formula is C22H22FN7O. The van der Waals surface area contributed by atoms with Gasteiger partial charge in [-0.1, -0.05) is 13.8 Å². The van der Waals surface area contributed by atoms with Crippen LogP contribution in [0.4, 0.5) is 16.2 Å². The number of aromatic nitrogens is 4. The maximum atomic E-state index is 13.3. The molecule has 2 atom stereocenters. The Hall–Kier alpha value is -3.64. The van der Waals surface area contributed by atoms with Gasteiger partial charge in [-0.15, -0.1) is 0 Å². The van der Waals surface area contributed by atoms with E-state index in [1.807, 2.05) is 13.8 Å². The second-order valence-electron chi connectivity index (χ2n) is 8.09. The maximum Gasteiger partial charge on any atom is 0.224 e. The van der Waals surface area contributed by atoms with E-state index in [9.17, 15) is 14.8 Å². The molecule has 2 aromatic heterocycles. The predicted octanol–water partition coefficient (Wildman–Crippen LogP) is 3.13. The van der Waals surface area contributed by atoms with Crippen LogP contribution in [-0.4, -0.2) is 37.2 Å². The lowest BCUT2D eigenvalue weighted by molar-refractivity contribution is -0.0511. The second kappa shape index (κ2) is 8.24. The van der Waals surface area contributed by atoms with Crippen molar-refractivity contribution in [2.75, 3.05) is 10.6 Å². The van der Waals surface area contributed by atoms with Crippen LogP contribution >= 0.6 is 0 Å². The Kier molecular flexibility index (Phi) is 5.48. The van der Waals surface area contributed by atoms with Crippen molar-refractivity contribution in [3.63, 3.8) is 0 Å². The zero-order valence-corrected chi connectivity index (χ0v) is 17.2. The number of nitrogens with zero attached hydrogens (tertiary/aromatic N) is 5. The lowest BCUT2D eigenvalue weighted by Gasteiger charge is -2.49. The Morgan fingerprint density at radius 3 is 2.68 bits per heavy atom. The molecule has 31 heavy (non-hydrogen) atoms. The van der Waals surface area contributed by atoms with E-state index >= 15 is 0 Å². The van der Waals surface area contributed by atoms with Crippen molar-refractivity contribution in [1.82, 2.24) is 19.9 Å². The Morgan fingerprint density at radius 2 is 2.00 bits per heavy atom. The van der Waals surface area contributed by atoms with Crippen molar-refractivity contribution in [2.24, 2.45) is 5.41 Å². The summed E-state index contributed by atoms with van der Waals surface area (Å²) in [7, 11) is 0. The molecule has 0 amide bonds. The summed E-state index contributed by atoms with van der Waals surface area (Å²) in [5.74, 6) is 0.451. The van der Waals surface area contributed by atoms with Crippen LogP contribution in [0.15, 0.2) is 43.0 Å². The number of hydrogen-bond acceptors (Lipinski definition) is 8. The average Bonchev–Trinajstić information content (AvgIpc) is 2.78. The highest BCUT2D eigenvalue weighted by atomic mass is 19.1. The first-order chi connectivity index (χ1) is 14.9. The Balaban J connectivity index is 1.52. The van der Waals surface area contributed by atoms with Crippen molar-refractivity contribution in [2.45, 2.75) is 39.0 Å². The summed E-state index contributed by atoms with van der Waals surface area (Å²) in [4.78, 5) is 17.1. The van der Waals surface area contributed by atoms with Crippen LogP contribution in [0.5, 0.6) is 0 Å². The summed E-state index contributed by atoms with van der Waals surface area (Å²) < 4.78 is 13.3. The molecule has 3 N–H and O–H groups in total. The van der Waals surface area contributed by atoms with Crippen LogP contribution in [0.1, 0.15) is 31.4 Å². The number of rotatable bonds is 6. The van der Waals surface area contributed by atoms with Crippen molar-refractivity contribution in [3.8, 4) is 17.3 Å². The van der Waals surface area contributed by atoms with Crippen molar-refractivity contribution >= 4 is 11.8 Å². The van der Waals surface area contributed by atoms with Gasteiger partial charge in [0.25, 0.3) is 0 Å². The second-order valence-corrected chi connectivity index (χ2v) is 8.09. The monoisotopic (exact) mass is 419 g/mol. The molecular weight excluding hydrogens is 397 g/mol. The highest BCUT2D eigenvalue weighted by molar-refractivity contribution is 5.63. The molecule has 9 heteroatoms. The Morgan fingerprint density at radius 1 is 1.23 bits per heavy atom. The van der Waals surface area contributed by atoms with Gasteiger partial charge in [0.05, 0.1) is 18.0 Å². The standard InChI is InChI=1S/C22H22FN7O/c1-22(2)17(7-18(22)31)29-20-14(8-24)10-26-21(30-20)27-11-15-9-25-12-28-19(15)13-3-5-16(23)6-4-13/h3-6,9-10,12,17-18,31H,7,11H2,1-2H3,(H2,26,27,29,30)/t17-,18+/m1/s1. The average molecular weight is 419 g/mol. The summed E-state index contributed by atoms with van der Waals surface area (Å²) in [6, 6.07) is 8.19. The van der Waals surface area contributed by atoms with Gasteiger partial charge in [0.15, 0.2) is 0 Å². The molecule has 3 aromatic rings. The molecule has 158 valence electrons. The molecule has 1 aliphatic rings. The number of anilines is 2. The third-order valence-electron chi connectivity index (χ3n) is 5.78. The molecule has 8 nitrogen and oxygen atoms in total. The minimum atomic E-state index is -0.391. The normalized spacial score (nSPS) is 19.2. The molecule has 1 fully saturated rings. The molecule has 1 aliphatic carbocycles. The van der Waals surface area contributed by atoms with E-state index in [1.165, 1.54) is 24.7 Å². The van der Waals surface area contributed by atoms with Gasteiger partial charge in [-0.25, -0.2) is 19.3 Å². The van der Waals surface area contributed by atoms with Crippen LogP contribution in [0, 0.1) is 22.6 Å². The molecule has 0 aliphatic heterocycles. The van der Waals surface area contributed by atoms with Gasteiger partial charge in [0, 0.05) is 35.3 Å². The molecule has 0 spiro atoms. The fourth-order valence-electron chi connectivity index (χ4n) is 3.50. The summed E-state index contributed by atoms with van der Waals surface area (Å²) >= 11 is 0. The summed E-state index contributed by atoms with van der Waals surface area (Å²) in [6.07, 6.45) is 4.78. The molecule has 0 bridgehead atoms. The third-order valence-corrected chi connectivity index (χ3v) is 5.78. The van der Waals surface area contributed by atoms with E-state index < -0.39 is 6.10 Å². The predicted molar refractivity (Wildman–Crippen MR) is 113 cm³/mol. The number of nitrogens with one attached hydrogen (secondary N) is 2. The van der Waals surface area contributed by atoms with E-state index in [1.54, 1.807) is 18.3 Å². The number of aliphatic hydroxyl groups excluding tert-OH is 1. The molecule has 0 saturated heterocycles. The molecule has 1 saturated carbocycles. The van der Waals surface area contributed by atoms with Crippen LogP contribution in [-0.2, 0) is 6.54 Å². The Bertz CT molecular complexity index is 1130. The molecule has 4 rings (SSSR count). The fourth-order valence-corrected chi connectivity index (χ4v) is 3.50. The minimum Gasteiger partial charge on any atom is -0.392 e. The lowest BCUT2D eigenvalue weighted by atomic mass is 9.64. The minimum absolute atomic E-state index is 0.00459. The first-order valence-electron chi connectivity index (χ1n) is 9.89. The van der Waals surface area contributed by atoms with E-state index in [0.717, 1.165) is 11.1 Å². The van der Waals surface area contributed by atoms with Crippen LogP contribution in [0.25, 0.3) is 11.3 Å². The van der Waals surface area contributed by atoms with Gasteiger partial charge in [-0.05, 0) is 30.7 Å². The van der Waals surface area contributed by atoms with E-state index in [4.69, 9.17) is 0 Å². The highest BCUT2D eigenvalue weighted by Gasteiger charge is 2.47. The van der Waals surface area contributed by atoms with Crippen molar-refractivity contribution in [1.29, 1.82) is 5.26 Å². The quantitative estimate of drug-likeness (QED) is 0.557. The number of nitriles is 1. The zero-order valence-electron chi connectivity index (χ0n) is 17.2. The molecule has 0 radical (unpaired) electrons.